The Bertz CT molecular complexity index is 696. The number of carbonyl (C=O) groups excluding carboxylic acids is 2. The van der Waals surface area contributed by atoms with Crippen LogP contribution in [-0.4, -0.2) is 18.2 Å². The molecule has 0 aromatic heterocycles. The average molecular weight is 286 g/mol. The molecule has 0 bridgehead atoms. The summed E-state index contributed by atoms with van der Waals surface area (Å²) in [6, 6.07) is 14.1. The third kappa shape index (κ3) is 2.10. The van der Waals surface area contributed by atoms with Crippen LogP contribution in [0.2, 0.25) is 5.02 Å². The molecule has 1 aliphatic rings. The summed E-state index contributed by atoms with van der Waals surface area (Å²) in [5.74, 6) is -0.0978. The van der Waals surface area contributed by atoms with Gasteiger partial charge in [-0.1, -0.05) is 35.9 Å². The van der Waals surface area contributed by atoms with Crippen LogP contribution < -0.4 is 4.90 Å². The fourth-order valence-electron chi connectivity index (χ4n) is 2.40. The lowest BCUT2D eigenvalue weighted by Gasteiger charge is -2.28. The Balaban J connectivity index is 2.04. The summed E-state index contributed by atoms with van der Waals surface area (Å²) in [7, 11) is 0. The molecular weight excluding hydrogens is 274 g/mol. The van der Waals surface area contributed by atoms with Crippen LogP contribution in [0.15, 0.2) is 48.5 Å². The molecular formula is C16H12ClNO2. The van der Waals surface area contributed by atoms with Gasteiger partial charge in [-0.2, -0.15) is 0 Å². The van der Waals surface area contributed by atoms with E-state index in [0.29, 0.717) is 34.8 Å². The van der Waals surface area contributed by atoms with E-state index >= 15 is 0 Å². The fourth-order valence-corrected chi connectivity index (χ4v) is 2.62. The Morgan fingerprint density at radius 1 is 1.05 bits per heavy atom. The van der Waals surface area contributed by atoms with Gasteiger partial charge in [-0.05, 0) is 24.3 Å². The molecule has 100 valence electrons. The number of carbonyl (C=O) groups is 2. The monoisotopic (exact) mass is 285 g/mol. The van der Waals surface area contributed by atoms with Crippen molar-refractivity contribution in [2.75, 3.05) is 11.4 Å². The van der Waals surface area contributed by atoms with E-state index in [-0.39, 0.29) is 11.7 Å². The second kappa shape index (κ2) is 5.10. The van der Waals surface area contributed by atoms with E-state index in [2.05, 4.69) is 0 Å². The molecule has 20 heavy (non-hydrogen) atoms. The highest BCUT2D eigenvalue weighted by Crippen LogP contribution is 2.29. The van der Waals surface area contributed by atoms with Crippen LogP contribution in [0.3, 0.4) is 0 Å². The highest BCUT2D eigenvalue weighted by molar-refractivity contribution is 6.34. The van der Waals surface area contributed by atoms with Gasteiger partial charge < -0.3 is 4.90 Å². The highest BCUT2D eigenvalue weighted by Gasteiger charge is 2.28. The molecule has 0 aliphatic carbocycles. The van der Waals surface area contributed by atoms with Crippen LogP contribution in [0, 0.1) is 0 Å². The number of anilines is 1. The van der Waals surface area contributed by atoms with E-state index in [0.717, 1.165) is 0 Å². The molecule has 0 spiro atoms. The van der Waals surface area contributed by atoms with Crippen molar-refractivity contribution < 1.29 is 9.59 Å². The van der Waals surface area contributed by atoms with Crippen molar-refractivity contribution in [1.29, 1.82) is 0 Å². The standard InChI is InChI=1S/C16H12ClNO2/c17-13-7-3-1-5-11(13)16(20)18-10-9-15(19)12-6-2-4-8-14(12)18/h1-8H,9-10H2. The molecule has 1 amide bonds. The number of fused-ring (bicyclic) bond motifs is 1. The van der Waals surface area contributed by atoms with Gasteiger partial charge >= 0.3 is 0 Å². The summed E-state index contributed by atoms with van der Waals surface area (Å²) in [4.78, 5) is 26.1. The Kier molecular flexibility index (Phi) is 3.28. The molecule has 0 radical (unpaired) electrons. The van der Waals surface area contributed by atoms with E-state index in [9.17, 15) is 9.59 Å². The zero-order valence-electron chi connectivity index (χ0n) is 10.7. The van der Waals surface area contributed by atoms with Crippen molar-refractivity contribution >= 4 is 29.0 Å². The lowest BCUT2D eigenvalue weighted by molar-refractivity contribution is 0.0955. The van der Waals surface area contributed by atoms with Crippen molar-refractivity contribution in [3.63, 3.8) is 0 Å². The average Bonchev–Trinajstić information content (AvgIpc) is 2.48. The van der Waals surface area contributed by atoms with Crippen LogP contribution in [-0.2, 0) is 0 Å². The first-order chi connectivity index (χ1) is 9.68. The highest BCUT2D eigenvalue weighted by atomic mass is 35.5. The first-order valence-electron chi connectivity index (χ1n) is 6.37. The fraction of sp³-hybridized carbons (Fsp3) is 0.125. The molecule has 1 heterocycles. The minimum atomic E-state index is -0.171. The molecule has 0 saturated heterocycles. The summed E-state index contributed by atoms with van der Waals surface area (Å²) in [5, 5.41) is 0.423. The molecule has 0 fully saturated rings. The Morgan fingerprint density at radius 3 is 2.55 bits per heavy atom. The molecule has 3 rings (SSSR count). The maximum Gasteiger partial charge on any atom is 0.259 e. The zero-order chi connectivity index (χ0) is 14.1. The van der Waals surface area contributed by atoms with Gasteiger partial charge in [-0.3, -0.25) is 9.59 Å². The molecule has 0 atom stereocenters. The Hall–Kier alpha value is -2.13. The van der Waals surface area contributed by atoms with Crippen molar-refractivity contribution in [2.24, 2.45) is 0 Å². The van der Waals surface area contributed by atoms with E-state index in [1.807, 2.05) is 6.07 Å². The molecule has 2 aromatic rings. The van der Waals surface area contributed by atoms with Gasteiger partial charge in [0.05, 0.1) is 16.3 Å². The minimum Gasteiger partial charge on any atom is -0.307 e. The molecule has 0 saturated carbocycles. The van der Waals surface area contributed by atoms with Crippen molar-refractivity contribution in [3.8, 4) is 0 Å². The maximum atomic E-state index is 12.6. The summed E-state index contributed by atoms with van der Waals surface area (Å²) >= 11 is 6.08. The Labute approximate surface area is 121 Å². The maximum absolute atomic E-state index is 12.6. The third-order valence-electron chi connectivity index (χ3n) is 3.41. The van der Waals surface area contributed by atoms with Gasteiger partial charge in [-0.25, -0.2) is 0 Å². The first-order valence-corrected chi connectivity index (χ1v) is 6.75. The molecule has 4 heteroatoms. The van der Waals surface area contributed by atoms with Gasteiger partial charge in [0.15, 0.2) is 5.78 Å². The number of para-hydroxylation sites is 1. The topological polar surface area (TPSA) is 37.4 Å². The van der Waals surface area contributed by atoms with Gasteiger partial charge in [-0.15, -0.1) is 0 Å². The lowest BCUT2D eigenvalue weighted by atomic mass is 9.99. The number of nitrogens with zero attached hydrogens (tertiary/aromatic N) is 1. The summed E-state index contributed by atoms with van der Waals surface area (Å²) in [5.41, 5.74) is 1.71. The molecule has 2 aromatic carbocycles. The van der Waals surface area contributed by atoms with Gasteiger partial charge in [0, 0.05) is 18.5 Å². The van der Waals surface area contributed by atoms with Crippen molar-refractivity contribution in [2.45, 2.75) is 6.42 Å². The SMILES string of the molecule is O=C1CCN(C(=O)c2ccccc2Cl)c2ccccc21. The lowest BCUT2D eigenvalue weighted by Crippen LogP contribution is -2.37. The predicted octanol–water partition coefficient (Wildman–Crippen LogP) is 3.57. The van der Waals surface area contributed by atoms with E-state index in [1.165, 1.54) is 0 Å². The first kappa shape index (κ1) is 12.9. The quantitative estimate of drug-likeness (QED) is 0.803. The summed E-state index contributed by atoms with van der Waals surface area (Å²) in [6.45, 7) is 0.389. The normalized spacial score (nSPS) is 14.1. The van der Waals surface area contributed by atoms with Crippen LogP contribution in [0.25, 0.3) is 0 Å². The van der Waals surface area contributed by atoms with Gasteiger partial charge in [0.25, 0.3) is 5.91 Å². The number of hydrogen-bond acceptors (Lipinski definition) is 2. The zero-order valence-corrected chi connectivity index (χ0v) is 11.4. The number of benzene rings is 2. The summed E-state index contributed by atoms with van der Waals surface area (Å²) < 4.78 is 0. The molecule has 0 unspecified atom stereocenters. The van der Waals surface area contributed by atoms with Crippen LogP contribution in [0.4, 0.5) is 5.69 Å². The van der Waals surface area contributed by atoms with Crippen molar-refractivity contribution in [1.82, 2.24) is 0 Å². The largest absolute Gasteiger partial charge is 0.307 e. The van der Waals surface area contributed by atoms with E-state index in [1.54, 1.807) is 47.4 Å². The number of Topliss-reactive ketones (excluding diaryl/α,β-unsaturated/α-hetero) is 1. The van der Waals surface area contributed by atoms with E-state index in [4.69, 9.17) is 11.6 Å². The third-order valence-corrected chi connectivity index (χ3v) is 3.74. The number of amides is 1. The molecule has 1 aliphatic heterocycles. The summed E-state index contributed by atoms with van der Waals surface area (Å²) in [6.07, 6.45) is 0.340. The van der Waals surface area contributed by atoms with Crippen molar-refractivity contribution in [3.05, 3.63) is 64.7 Å². The smallest absolute Gasteiger partial charge is 0.259 e. The van der Waals surface area contributed by atoms with Crippen LogP contribution in [0.1, 0.15) is 27.1 Å². The number of rotatable bonds is 1. The minimum absolute atomic E-state index is 0.0730. The Morgan fingerprint density at radius 2 is 1.75 bits per heavy atom. The second-order valence-electron chi connectivity index (χ2n) is 4.63. The number of hydrogen-bond donors (Lipinski definition) is 0. The van der Waals surface area contributed by atoms with Crippen LogP contribution in [0.5, 0.6) is 0 Å². The van der Waals surface area contributed by atoms with E-state index < -0.39 is 0 Å². The molecule has 3 nitrogen and oxygen atoms in total. The van der Waals surface area contributed by atoms with Gasteiger partial charge in [0.2, 0.25) is 0 Å². The predicted molar refractivity (Wildman–Crippen MR) is 78.5 cm³/mol. The number of ketones is 1. The second-order valence-corrected chi connectivity index (χ2v) is 5.03. The number of halogens is 1. The van der Waals surface area contributed by atoms with Gasteiger partial charge in [0.1, 0.15) is 0 Å². The molecule has 0 N–H and O–H groups in total. The van der Waals surface area contributed by atoms with Crippen LogP contribution >= 0.6 is 11.6 Å².